The van der Waals surface area contributed by atoms with E-state index in [9.17, 15) is 74.1 Å². The summed E-state index contributed by atoms with van der Waals surface area (Å²) in [6.07, 6.45) is -8.11. The molecule has 4 fully saturated rings. The highest BCUT2D eigenvalue weighted by Gasteiger charge is 2.50. The Hall–Kier alpha value is -8.05. The molecule has 1 saturated carbocycles. The maximum Gasteiger partial charge on any atom is 0.261 e. The van der Waals surface area contributed by atoms with Crippen LogP contribution in [0.2, 0.25) is 0 Å². The van der Waals surface area contributed by atoms with E-state index in [1.807, 2.05) is 12.1 Å². The summed E-state index contributed by atoms with van der Waals surface area (Å²) in [6.45, 7) is 0.831. The number of aliphatic hydroxyl groups excluding tert-OH is 6. The monoisotopic (exact) mass is 1250 g/mol. The van der Waals surface area contributed by atoms with Gasteiger partial charge in [0.25, 0.3) is 18.2 Å². The van der Waals surface area contributed by atoms with E-state index in [1.54, 1.807) is 12.1 Å². The van der Waals surface area contributed by atoms with Gasteiger partial charge in [-0.2, -0.15) is 0 Å². The van der Waals surface area contributed by atoms with Gasteiger partial charge in [-0.1, -0.05) is 28.8 Å². The topological polar surface area (TPSA) is 467 Å². The number of nitrogens with two attached hydrogens (primary N) is 1. The van der Waals surface area contributed by atoms with Gasteiger partial charge in [-0.3, -0.25) is 38.4 Å². The second-order valence-electron chi connectivity index (χ2n) is 22.2. The summed E-state index contributed by atoms with van der Waals surface area (Å²) in [4.78, 5) is 115. The van der Waals surface area contributed by atoms with E-state index in [-0.39, 0.29) is 47.1 Å². The molecule has 8 rings (SSSR count). The lowest BCUT2D eigenvalue weighted by Crippen LogP contribution is -2.64. The van der Waals surface area contributed by atoms with Gasteiger partial charge in [0.1, 0.15) is 42.0 Å². The van der Waals surface area contributed by atoms with Crippen LogP contribution < -0.4 is 41.2 Å². The van der Waals surface area contributed by atoms with E-state index in [0.29, 0.717) is 16.9 Å². The molecule has 31 nitrogen and oxygen atoms in total. The standard InChI is InChI=1S/C56H70N10O21S/c1-26-24-66-46(47(26)74)52(79)58-23-32(68)20-36(59-48(75)29-9-11-30(12-10-29)53-63-64-54(84-53)31-13-15-35(16-14-31)83-34-6-4-3-5-7-34)49(76)60-43(27(2)67)55(80)65-25-33(69)21-37(65)50(77)61-44(51(78)62-45(56(66)81)40(72)22-42(57)73)39(71)18-28-8-17-38(70)41(19-28)85-88-87-86-82/h8-17,19,26-27,32-34,36-37,39-40,43-47,67-72,74,82H,3-7,18,20-25H2,1-2H3,(H2,57,73)(H,58,79)(H,59,75)(H,60,76)(H,61,77)(H,62,78)/t26?,27?,32?,33?,36-,37?,39?,40?,43?,44?,45?,46?,47?/m0/s1. The van der Waals surface area contributed by atoms with Crippen molar-refractivity contribution in [1.82, 2.24) is 46.6 Å². The van der Waals surface area contributed by atoms with E-state index < -0.39 is 177 Å². The fraction of sp³-hybridized carbons (Fsp3) is 0.500. The van der Waals surface area contributed by atoms with Gasteiger partial charge in [0.05, 0.1) is 49.1 Å². The van der Waals surface area contributed by atoms with Gasteiger partial charge in [-0.25, -0.2) is 5.26 Å². The van der Waals surface area contributed by atoms with E-state index in [2.05, 4.69) is 46.2 Å². The molecule has 4 aromatic rings. The molecular formula is C56H70N10O21S. The molecule has 3 aromatic carbocycles. The molecule has 0 bridgehead atoms. The number of carbonyl (C=O) groups is 8. The van der Waals surface area contributed by atoms with Crippen LogP contribution in [0.25, 0.3) is 22.9 Å². The Labute approximate surface area is 506 Å². The number of hydrogen-bond donors (Lipinski definition) is 14. The lowest BCUT2D eigenvalue weighted by atomic mass is 9.98. The Morgan fingerprint density at radius 2 is 1.41 bits per heavy atom. The number of rotatable bonds is 17. The molecule has 1 aromatic heterocycles. The molecule has 476 valence electrons. The molecule has 0 spiro atoms. The Bertz CT molecular complexity index is 3130. The van der Waals surface area contributed by atoms with Crippen LogP contribution in [0.1, 0.15) is 81.1 Å². The maximum absolute atomic E-state index is 14.7. The number of nitrogens with one attached hydrogen (secondary N) is 5. The number of β-amino-alcohol motifs (C(OH)–C–C–N with tert-alkyl or cyclic N) is 1. The number of primary amides is 1. The van der Waals surface area contributed by atoms with Crippen molar-refractivity contribution in [3.63, 3.8) is 0 Å². The van der Waals surface area contributed by atoms with Gasteiger partial charge in [0.15, 0.2) is 11.5 Å². The van der Waals surface area contributed by atoms with Crippen molar-refractivity contribution in [2.45, 2.75) is 151 Å². The predicted molar refractivity (Wildman–Crippen MR) is 302 cm³/mol. The molecule has 0 radical (unpaired) electrons. The molecule has 8 amide bonds. The number of phenols is 1. The van der Waals surface area contributed by atoms with Crippen LogP contribution in [0, 0.1) is 5.92 Å². The summed E-state index contributed by atoms with van der Waals surface area (Å²) in [5.74, 6) is -10.2. The number of ether oxygens (including phenoxy) is 1. The third kappa shape index (κ3) is 16.4. The molecule has 15 N–H and O–H groups in total. The highest BCUT2D eigenvalue weighted by Crippen LogP contribution is 2.33. The highest BCUT2D eigenvalue weighted by atomic mass is 32.2. The zero-order valence-corrected chi connectivity index (χ0v) is 48.4. The number of nitrogens with zero attached hydrogens (tertiary/aromatic N) is 4. The third-order valence-electron chi connectivity index (χ3n) is 15.6. The molecule has 13 atom stereocenters. The number of aromatic nitrogens is 2. The molecule has 32 heteroatoms. The summed E-state index contributed by atoms with van der Waals surface area (Å²) in [5.41, 5.74) is 6.47. The molecular weight excluding hydrogens is 1180 g/mol. The minimum absolute atomic E-state index is 0.0383. The quantitative estimate of drug-likeness (QED) is 0.0235. The Morgan fingerprint density at radius 1 is 0.773 bits per heavy atom. The lowest BCUT2D eigenvalue weighted by molar-refractivity contribution is -0.433. The summed E-state index contributed by atoms with van der Waals surface area (Å²) in [6, 6.07) is 4.72. The molecule has 12 unspecified atom stereocenters. The number of fused-ring (bicyclic) bond motifs is 2. The van der Waals surface area contributed by atoms with E-state index in [1.165, 1.54) is 43.7 Å². The lowest BCUT2D eigenvalue weighted by Gasteiger charge is -2.33. The predicted octanol–water partition coefficient (Wildman–Crippen LogP) is -1.99. The second-order valence-corrected chi connectivity index (χ2v) is 22.6. The number of phenolic OH excluding ortho intramolecular Hbond substituents is 1. The Balaban J connectivity index is 1.08. The van der Waals surface area contributed by atoms with Gasteiger partial charge < -0.3 is 91.2 Å². The van der Waals surface area contributed by atoms with Crippen molar-refractivity contribution in [1.29, 1.82) is 0 Å². The molecule has 4 heterocycles. The van der Waals surface area contributed by atoms with E-state index in [4.69, 9.17) is 24.3 Å². The van der Waals surface area contributed by atoms with Crippen LogP contribution in [-0.2, 0) is 49.4 Å². The second kappa shape index (κ2) is 29.8. The van der Waals surface area contributed by atoms with Crippen LogP contribution in [0.15, 0.2) is 71.1 Å². The zero-order valence-electron chi connectivity index (χ0n) is 47.6. The van der Waals surface area contributed by atoms with Crippen molar-refractivity contribution in [2.24, 2.45) is 11.7 Å². The first kappa shape index (κ1) is 65.9. The maximum atomic E-state index is 14.7. The average molecular weight is 1250 g/mol. The number of carbonyl (C=O) groups excluding carboxylic acids is 8. The normalized spacial score (nSPS) is 26.5. The smallest absolute Gasteiger partial charge is 0.261 e. The SMILES string of the molecule is CC(O)C1NC(=O)[C@@H](NC(=O)c2ccc(-c3nnc(-c4ccc(OC5CCCCC5)cc4)o3)cc2)CC(O)CNC(=O)C2C(O)C(C)CN2C(=O)C(C(O)CC(N)=O)NC(=O)C(C(O)Cc2ccc(O)c(OSOOO)c2)NC(=O)C2CC(O)CN2C1=O. The number of benzene rings is 3. The highest BCUT2D eigenvalue weighted by molar-refractivity contribution is 7.90. The summed E-state index contributed by atoms with van der Waals surface area (Å²) >= 11 is 0.0548. The summed E-state index contributed by atoms with van der Waals surface area (Å²) in [7, 11) is 0. The van der Waals surface area contributed by atoms with Crippen LogP contribution in [0.5, 0.6) is 17.2 Å². The van der Waals surface area contributed by atoms with Crippen LogP contribution in [0.3, 0.4) is 0 Å². The number of amides is 8. The first-order valence-electron chi connectivity index (χ1n) is 28.3. The minimum atomic E-state index is -2.22. The number of aromatic hydroxyl groups is 1. The first-order chi connectivity index (χ1) is 42.0. The van der Waals surface area contributed by atoms with Crippen molar-refractivity contribution in [3.05, 3.63) is 77.9 Å². The van der Waals surface area contributed by atoms with Crippen LogP contribution >= 0.6 is 12.3 Å². The molecule has 4 aliphatic rings. The average Bonchev–Trinajstić information content (AvgIpc) is 2.99. The first-order valence-corrected chi connectivity index (χ1v) is 29.0. The van der Waals surface area contributed by atoms with Gasteiger partial charge in [-0.15, -0.1) is 10.2 Å². The van der Waals surface area contributed by atoms with Crippen LogP contribution in [0.4, 0.5) is 0 Å². The molecule has 3 saturated heterocycles. The van der Waals surface area contributed by atoms with E-state index in [0.717, 1.165) is 54.5 Å². The van der Waals surface area contributed by atoms with Crippen molar-refractivity contribution in [3.8, 4) is 40.2 Å². The van der Waals surface area contributed by atoms with Gasteiger partial charge in [0, 0.05) is 61.5 Å². The summed E-state index contributed by atoms with van der Waals surface area (Å²) < 4.78 is 21.4. The largest absolute Gasteiger partial charge is 0.504 e. The minimum Gasteiger partial charge on any atom is -0.504 e. The zero-order chi connectivity index (χ0) is 63.5. The van der Waals surface area contributed by atoms with Gasteiger partial charge in [0.2, 0.25) is 53.1 Å². The van der Waals surface area contributed by atoms with Crippen molar-refractivity contribution in [2.75, 3.05) is 19.6 Å². The Kier molecular flexibility index (Phi) is 22.3. The van der Waals surface area contributed by atoms with Gasteiger partial charge >= 0.3 is 0 Å². The van der Waals surface area contributed by atoms with E-state index >= 15 is 0 Å². The third-order valence-corrected chi connectivity index (χ3v) is 15.9. The van der Waals surface area contributed by atoms with Crippen molar-refractivity contribution < 1.29 is 102 Å². The molecule has 1 aliphatic carbocycles. The summed E-state index contributed by atoms with van der Waals surface area (Å²) in [5, 5.41) is 111. The van der Waals surface area contributed by atoms with Gasteiger partial charge in [-0.05, 0) is 98.8 Å². The van der Waals surface area contributed by atoms with Crippen molar-refractivity contribution >= 4 is 59.6 Å². The fourth-order valence-corrected chi connectivity index (χ4v) is 11.2. The Morgan fingerprint density at radius 3 is 2.06 bits per heavy atom. The molecule has 88 heavy (non-hydrogen) atoms. The number of hydrogen-bond acceptors (Lipinski definition) is 24. The fourth-order valence-electron chi connectivity index (χ4n) is 10.9. The number of aliphatic hydroxyl groups is 6. The molecule has 3 aliphatic heterocycles. The van der Waals surface area contributed by atoms with Crippen LogP contribution in [-0.4, -0.2) is 207 Å².